The van der Waals surface area contributed by atoms with Crippen molar-refractivity contribution < 1.29 is 4.79 Å². The molecule has 96 valence electrons. The first-order valence-corrected chi connectivity index (χ1v) is 7.10. The summed E-state index contributed by atoms with van der Waals surface area (Å²) in [6.45, 7) is 4.57. The standard InChI is InChI=1S/C13H22N2OS/c1-8-4-3-5-11(9(8)2)14-13(17)15-12(16)10-6-7-10/h8-11H,3-7H2,1-2H3,(H2,14,15,16,17). The van der Waals surface area contributed by atoms with Crippen LogP contribution < -0.4 is 10.6 Å². The molecule has 3 unspecified atom stereocenters. The van der Waals surface area contributed by atoms with E-state index in [0.717, 1.165) is 25.2 Å². The summed E-state index contributed by atoms with van der Waals surface area (Å²) in [5.41, 5.74) is 0. The van der Waals surface area contributed by atoms with E-state index in [4.69, 9.17) is 12.2 Å². The first-order valence-electron chi connectivity index (χ1n) is 6.69. The smallest absolute Gasteiger partial charge is 0.229 e. The van der Waals surface area contributed by atoms with Crippen molar-refractivity contribution >= 4 is 23.2 Å². The van der Waals surface area contributed by atoms with Crippen molar-refractivity contribution in [3.8, 4) is 0 Å². The molecule has 0 aromatic rings. The first-order chi connectivity index (χ1) is 8.08. The monoisotopic (exact) mass is 254 g/mol. The summed E-state index contributed by atoms with van der Waals surface area (Å²) in [6, 6.07) is 0.422. The third-order valence-electron chi connectivity index (χ3n) is 4.21. The summed E-state index contributed by atoms with van der Waals surface area (Å²) in [5.74, 6) is 1.68. The molecule has 2 N–H and O–H groups in total. The Hall–Kier alpha value is -0.640. The molecule has 0 heterocycles. The second-order valence-corrected chi connectivity index (χ2v) is 6.02. The largest absolute Gasteiger partial charge is 0.359 e. The maximum Gasteiger partial charge on any atom is 0.229 e. The molecule has 0 saturated heterocycles. The van der Waals surface area contributed by atoms with Crippen LogP contribution in [0, 0.1) is 17.8 Å². The fourth-order valence-corrected chi connectivity index (χ4v) is 2.80. The van der Waals surface area contributed by atoms with Crippen LogP contribution in [0.15, 0.2) is 0 Å². The quantitative estimate of drug-likeness (QED) is 0.742. The van der Waals surface area contributed by atoms with Gasteiger partial charge in [0, 0.05) is 12.0 Å². The van der Waals surface area contributed by atoms with Gasteiger partial charge >= 0.3 is 0 Å². The molecular weight excluding hydrogens is 232 g/mol. The fourth-order valence-electron chi connectivity index (χ4n) is 2.55. The van der Waals surface area contributed by atoms with Crippen LogP contribution in [0.5, 0.6) is 0 Å². The zero-order valence-electron chi connectivity index (χ0n) is 10.7. The average Bonchev–Trinajstić information content (AvgIpc) is 3.08. The molecule has 0 bridgehead atoms. The summed E-state index contributed by atoms with van der Waals surface area (Å²) in [7, 11) is 0. The lowest BCUT2D eigenvalue weighted by molar-refractivity contribution is -0.120. The van der Waals surface area contributed by atoms with Crippen LogP contribution in [0.4, 0.5) is 0 Å². The molecule has 0 aromatic heterocycles. The van der Waals surface area contributed by atoms with Gasteiger partial charge in [-0.1, -0.05) is 26.7 Å². The Kier molecular flexibility index (Phi) is 4.02. The lowest BCUT2D eigenvalue weighted by Crippen LogP contribution is -2.49. The summed E-state index contributed by atoms with van der Waals surface area (Å²) in [5, 5.41) is 6.64. The van der Waals surface area contributed by atoms with Gasteiger partial charge in [-0.05, 0) is 43.3 Å². The van der Waals surface area contributed by atoms with Crippen LogP contribution in [0.3, 0.4) is 0 Å². The minimum atomic E-state index is 0.0963. The number of rotatable bonds is 2. The molecule has 0 radical (unpaired) electrons. The molecular formula is C13H22N2OS. The summed E-state index contributed by atoms with van der Waals surface area (Å²) in [6.07, 6.45) is 5.75. The SMILES string of the molecule is CC1CCCC(NC(=S)NC(=O)C2CC2)C1C. The van der Waals surface area contributed by atoms with E-state index in [2.05, 4.69) is 24.5 Å². The fraction of sp³-hybridized carbons (Fsp3) is 0.846. The Labute approximate surface area is 109 Å². The van der Waals surface area contributed by atoms with Gasteiger partial charge in [0.25, 0.3) is 0 Å². The van der Waals surface area contributed by atoms with Crippen LogP contribution in [-0.2, 0) is 4.79 Å². The Morgan fingerprint density at radius 1 is 1.18 bits per heavy atom. The minimum absolute atomic E-state index is 0.0963. The molecule has 2 rings (SSSR count). The van der Waals surface area contributed by atoms with Crippen molar-refractivity contribution in [1.82, 2.24) is 10.6 Å². The molecule has 17 heavy (non-hydrogen) atoms. The van der Waals surface area contributed by atoms with Gasteiger partial charge in [-0.25, -0.2) is 0 Å². The number of carbonyl (C=O) groups is 1. The Balaban J connectivity index is 1.78. The van der Waals surface area contributed by atoms with Crippen molar-refractivity contribution in [2.75, 3.05) is 0 Å². The Morgan fingerprint density at radius 3 is 2.53 bits per heavy atom. The van der Waals surface area contributed by atoms with Gasteiger partial charge in [-0.2, -0.15) is 0 Å². The average molecular weight is 254 g/mol. The number of amides is 1. The van der Waals surface area contributed by atoms with E-state index in [-0.39, 0.29) is 11.8 Å². The number of nitrogens with one attached hydrogen (secondary N) is 2. The molecule has 2 saturated carbocycles. The molecule has 2 aliphatic rings. The maximum atomic E-state index is 11.6. The molecule has 1 amide bonds. The highest BCUT2D eigenvalue weighted by molar-refractivity contribution is 7.80. The van der Waals surface area contributed by atoms with Crippen LogP contribution in [0.2, 0.25) is 0 Å². The lowest BCUT2D eigenvalue weighted by atomic mass is 9.78. The number of thiocarbonyl (C=S) groups is 1. The molecule has 0 spiro atoms. The molecule has 3 atom stereocenters. The molecule has 2 fully saturated rings. The number of hydrogen-bond acceptors (Lipinski definition) is 2. The lowest BCUT2D eigenvalue weighted by Gasteiger charge is -2.35. The van der Waals surface area contributed by atoms with E-state index in [1.54, 1.807) is 0 Å². The van der Waals surface area contributed by atoms with Gasteiger partial charge in [0.15, 0.2) is 5.11 Å². The van der Waals surface area contributed by atoms with Crippen molar-refractivity contribution in [2.45, 2.75) is 52.0 Å². The molecule has 2 aliphatic carbocycles. The summed E-state index contributed by atoms with van der Waals surface area (Å²) in [4.78, 5) is 11.6. The zero-order valence-corrected chi connectivity index (χ0v) is 11.5. The van der Waals surface area contributed by atoms with Gasteiger partial charge in [0.05, 0.1) is 0 Å². The van der Waals surface area contributed by atoms with E-state index in [1.165, 1.54) is 12.8 Å². The molecule has 4 heteroatoms. The van der Waals surface area contributed by atoms with E-state index in [9.17, 15) is 4.79 Å². The number of hydrogen-bond donors (Lipinski definition) is 2. The van der Waals surface area contributed by atoms with Crippen LogP contribution in [0.25, 0.3) is 0 Å². The van der Waals surface area contributed by atoms with Crippen molar-refractivity contribution in [3.05, 3.63) is 0 Å². The molecule has 3 nitrogen and oxygen atoms in total. The van der Waals surface area contributed by atoms with Gasteiger partial charge in [-0.3, -0.25) is 4.79 Å². The first kappa shape index (κ1) is 12.8. The van der Waals surface area contributed by atoms with Gasteiger partial charge < -0.3 is 10.6 Å². The van der Waals surface area contributed by atoms with Gasteiger partial charge in [0.1, 0.15) is 0 Å². The third-order valence-corrected chi connectivity index (χ3v) is 4.43. The molecule has 0 aromatic carbocycles. The third kappa shape index (κ3) is 3.41. The van der Waals surface area contributed by atoms with Crippen molar-refractivity contribution in [1.29, 1.82) is 0 Å². The van der Waals surface area contributed by atoms with E-state index in [0.29, 0.717) is 17.1 Å². The maximum absolute atomic E-state index is 11.6. The highest BCUT2D eigenvalue weighted by Gasteiger charge is 2.31. The predicted octanol–water partition coefficient (Wildman–Crippen LogP) is 2.21. The normalized spacial score (nSPS) is 32.9. The van der Waals surface area contributed by atoms with Crippen molar-refractivity contribution in [2.24, 2.45) is 17.8 Å². The summed E-state index contributed by atoms with van der Waals surface area (Å²) >= 11 is 5.21. The van der Waals surface area contributed by atoms with E-state index >= 15 is 0 Å². The highest BCUT2D eigenvalue weighted by atomic mass is 32.1. The van der Waals surface area contributed by atoms with E-state index < -0.39 is 0 Å². The topological polar surface area (TPSA) is 41.1 Å². The van der Waals surface area contributed by atoms with Crippen LogP contribution >= 0.6 is 12.2 Å². The Bertz CT molecular complexity index is 315. The van der Waals surface area contributed by atoms with E-state index in [1.807, 2.05) is 0 Å². The zero-order chi connectivity index (χ0) is 12.4. The highest BCUT2D eigenvalue weighted by Crippen LogP contribution is 2.30. The Morgan fingerprint density at radius 2 is 1.88 bits per heavy atom. The minimum Gasteiger partial charge on any atom is -0.359 e. The van der Waals surface area contributed by atoms with Gasteiger partial charge in [-0.15, -0.1) is 0 Å². The second-order valence-electron chi connectivity index (χ2n) is 5.61. The van der Waals surface area contributed by atoms with Crippen molar-refractivity contribution in [3.63, 3.8) is 0 Å². The van der Waals surface area contributed by atoms with Crippen LogP contribution in [0.1, 0.15) is 46.0 Å². The number of carbonyl (C=O) groups excluding carboxylic acids is 1. The van der Waals surface area contributed by atoms with Crippen LogP contribution in [-0.4, -0.2) is 17.1 Å². The second kappa shape index (κ2) is 5.34. The van der Waals surface area contributed by atoms with Gasteiger partial charge in [0.2, 0.25) is 5.91 Å². The predicted molar refractivity (Wildman–Crippen MR) is 72.6 cm³/mol. The summed E-state index contributed by atoms with van der Waals surface area (Å²) < 4.78 is 0. The molecule has 0 aliphatic heterocycles.